The highest BCUT2D eigenvalue weighted by molar-refractivity contribution is 6.05. The zero-order chi connectivity index (χ0) is 24.9. The summed E-state index contributed by atoms with van der Waals surface area (Å²) in [6.07, 6.45) is 0.966. The summed E-state index contributed by atoms with van der Waals surface area (Å²) in [6, 6.07) is 27.8. The summed E-state index contributed by atoms with van der Waals surface area (Å²) in [5.74, 6) is 1.05. The average molecular weight is 477 g/mol. The Bertz CT molecular complexity index is 1430. The van der Waals surface area contributed by atoms with Crippen LogP contribution in [-0.2, 0) is 10.3 Å². The zero-order valence-electron chi connectivity index (χ0n) is 20.7. The second-order valence-corrected chi connectivity index (χ2v) is 9.42. The third-order valence-corrected chi connectivity index (χ3v) is 7.07. The first-order valence-electron chi connectivity index (χ1n) is 12.4. The van der Waals surface area contributed by atoms with Gasteiger partial charge in [-0.3, -0.25) is 0 Å². The van der Waals surface area contributed by atoms with E-state index in [1.165, 1.54) is 0 Å². The van der Waals surface area contributed by atoms with Crippen LogP contribution in [-0.4, -0.2) is 19.6 Å². The fourth-order valence-electron chi connectivity index (χ4n) is 5.52. The lowest BCUT2D eigenvalue weighted by Crippen LogP contribution is -2.33. The fraction of sp³-hybridized carbons (Fsp3) is 0.194. The van der Waals surface area contributed by atoms with Crippen molar-refractivity contribution in [1.29, 1.82) is 0 Å². The largest absolute Gasteiger partial charge is 0.456 e. The van der Waals surface area contributed by atoms with Crippen molar-refractivity contribution in [3.63, 3.8) is 0 Å². The van der Waals surface area contributed by atoms with Gasteiger partial charge in [0, 0.05) is 36.0 Å². The molecule has 0 saturated heterocycles. The molecule has 0 saturated carbocycles. The van der Waals surface area contributed by atoms with Gasteiger partial charge in [-0.2, -0.15) is 0 Å². The number of benzene rings is 4. The summed E-state index contributed by atoms with van der Waals surface area (Å²) in [6.45, 7) is 5.05. The molecule has 36 heavy (non-hydrogen) atoms. The number of carbonyl (C=O) groups excluding carboxylic acids is 1. The van der Waals surface area contributed by atoms with Crippen LogP contribution in [0.5, 0.6) is 11.5 Å². The number of esters is 1. The highest BCUT2D eigenvalue weighted by Gasteiger charge is 2.56. The van der Waals surface area contributed by atoms with Gasteiger partial charge in [0.2, 0.25) is 0 Å². The number of aryl methyl sites for hydroxylation is 1. The SMILES string of the molecule is CCCN(C)c1cc(C)c(Nc2ccccc2)c2c1C(=O)OC21c2ccccc2Oc2ccccc21. The van der Waals surface area contributed by atoms with Gasteiger partial charge in [-0.1, -0.05) is 61.5 Å². The Morgan fingerprint density at radius 2 is 1.50 bits per heavy atom. The van der Waals surface area contributed by atoms with E-state index in [0.717, 1.165) is 52.3 Å². The minimum atomic E-state index is -1.14. The highest BCUT2D eigenvalue weighted by Crippen LogP contribution is 2.59. The van der Waals surface area contributed by atoms with Crippen LogP contribution < -0.4 is 15.0 Å². The molecule has 6 rings (SSSR count). The minimum absolute atomic E-state index is 0.328. The van der Waals surface area contributed by atoms with Gasteiger partial charge in [-0.25, -0.2) is 4.79 Å². The number of ether oxygens (including phenoxy) is 2. The molecule has 2 aliphatic rings. The van der Waals surface area contributed by atoms with Gasteiger partial charge in [-0.05, 0) is 49.2 Å². The molecule has 1 N–H and O–H groups in total. The van der Waals surface area contributed by atoms with E-state index >= 15 is 0 Å². The van der Waals surface area contributed by atoms with Crippen LogP contribution in [0.15, 0.2) is 84.9 Å². The summed E-state index contributed by atoms with van der Waals surface area (Å²) in [4.78, 5) is 16.0. The quantitative estimate of drug-likeness (QED) is 0.310. The Balaban J connectivity index is 1.72. The number of hydrogen-bond donors (Lipinski definition) is 1. The molecule has 2 heterocycles. The summed E-state index contributed by atoms with van der Waals surface area (Å²) < 4.78 is 12.8. The Morgan fingerprint density at radius 3 is 2.14 bits per heavy atom. The van der Waals surface area contributed by atoms with Gasteiger partial charge in [0.1, 0.15) is 11.5 Å². The van der Waals surface area contributed by atoms with E-state index in [1.54, 1.807) is 0 Å². The van der Waals surface area contributed by atoms with E-state index in [-0.39, 0.29) is 5.97 Å². The van der Waals surface area contributed by atoms with Gasteiger partial charge in [0.15, 0.2) is 5.60 Å². The van der Waals surface area contributed by atoms with Gasteiger partial charge >= 0.3 is 5.97 Å². The van der Waals surface area contributed by atoms with Gasteiger partial charge in [0.25, 0.3) is 0 Å². The van der Waals surface area contributed by atoms with Gasteiger partial charge in [-0.15, -0.1) is 0 Å². The Labute approximate surface area is 211 Å². The predicted octanol–water partition coefficient (Wildman–Crippen LogP) is 7.15. The van der Waals surface area contributed by atoms with E-state index in [2.05, 4.69) is 30.1 Å². The molecule has 1 spiro atoms. The van der Waals surface area contributed by atoms with Crippen LogP contribution >= 0.6 is 0 Å². The number of hydrogen-bond acceptors (Lipinski definition) is 5. The number of carbonyl (C=O) groups is 1. The Hall–Kier alpha value is -4.25. The molecule has 2 aliphatic heterocycles. The van der Waals surface area contributed by atoms with Crippen LogP contribution in [0.25, 0.3) is 0 Å². The normalized spacial score (nSPS) is 14.4. The second kappa shape index (κ2) is 8.45. The summed E-state index contributed by atoms with van der Waals surface area (Å²) in [5, 5.41) is 3.63. The lowest BCUT2D eigenvalue weighted by molar-refractivity contribution is 0.0226. The molecule has 4 aromatic carbocycles. The molecule has 0 fully saturated rings. The number of para-hydroxylation sites is 3. The van der Waals surface area contributed by atoms with Crippen molar-refractivity contribution in [1.82, 2.24) is 0 Å². The van der Waals surface area contributed by atoms with E-state index in [0.29, 0.717) is 17.1 Å². The molecule has 0 unspecified atom stereocenters. The predicted molar refractivity (Wildman–Crippen MR) is 143 cm³/mol. The van der Waals surface area contributed by atoms with Crippen LogP contribution in [0.3, 0.4) is 0 Å². The minimum Gasteiger partial charge on any atom is -0.456 e. The first kappa shape index (κ1) is 22.2. The average Bonchev–Trinajstić information content (AvgIpc) is 3.20. The van der Waals surface area contributed by atoms with Crippen LogP contribution in [0.4, 0.5) is 17.1 Å². The molecule has 0 bridgehead atoms. The summed E-state index contributed by atoms with van der Waals surface area (Å²) in [7, 11) is 2.03. The lowest BCUT2D eigenvalue weighted by atomic mass is 9.76. The van der Waals surface area contributed by atoms with Gasteiger partial charge in [0.05, 0.1) is 16.9 Å². The topological polar surface area (TPSA) is 50.8 Å². The van der Waals surface area contributed by atoms with Crippen molar-refractivity contribution in [3.05, 3.63) is 113 Å². The van der Waals surface area contributed by atoms with E-state index in [4.69, 9.17) is 9.47 Å². The first-order valence-corrected chi connectivity index (χ1v) is 12.4. The van der Waals surface area contributed by atoms with Crippen molar-refractivity contribution in [2.75, 3.05) is 23.8 Å². The maximum absolute atomic E-state index is 13.9. The molecule has 5 heteroatoms. The number of rotatable bonds is 5. The molecule has 0 amide bonds. The molecule has 180 valence electrons. The molecular formula is C31H28N2O3. The van der Waals surface area contributed by atoms with E-state index in [9.17, 15) is 4.79 Å². The van der Waals surface area contributed by atoms with Crippen molar-refractivity contribution in [2.24, 2.45) is 0 Å². The van der Waals surface area contributed by atoms with E-state index < -0.39 is 5.60 Å². The number of anilines is 3. The van der Waals surface area contributed by atoms with Crippen molar-refractivity contribution in [2.45, 2.75) is 25.9 Å². The smallest absolute Gasteiger partial charge is 0.342 e. The molecule has 5 nitrogen and oxygen atoms in total. The summed E-state index contributed by atoms with van der Waals surface area (Å²) in [5.41, 5.74) is 5.67. The standard InChI is InChI=1S/C31H28N2O3/c1-4-18-33(3)24-19-20(2)29(32-21-12-6-5-7-13-21)28-27(24)30(34)36-31(28)22-14-8-10-16-25(22)35-26-17-11-9-15-23(26)31/h5-17,19,32H,4,18H2,1-3H3. The highest BCUT2D eigenvalue weighted by atomic mass is 16.6. The summed E-state index contributed by atoms with van der Waals surface area (Å²) >= 11 is 0. The van der Waals surface area contributed by atoms with Crippen molar-refractivity contribution < 1.29 is 14.3 Å². The van der Waals surface area contributed by atoms with Crippen LogP contribution in [0.2, 0.25) is 0 Å². The molecule has 4 aromatic rings. The van der Waals surface area contributed by atoms with E-state index in [1.807, 2.05) is 85.9 Å². The third kappa shape index (κ3) is 3.19. The molecule has 0 aromatic heterocycles. The Morgan fingerprint density at radius 1 is 0.889 bits per heavy atom. The van der Waals surface area contributed by atoms with Crippen molar-refractivity contribution >= 4 is 23.0 Å². The molecule has 0 aliphatic carbocycles. The fourth-order valence-corrected chi connectivity index (χ4v) is 5.52. The number of nitrogens with one attached hydrogen (secondary N) is 1. The molecule has 0 radical (unpaired) electrons. The maximum atomic E-state index is 13.9. The van der Waals surface area contributed by atoms with Gasteiger partial charge < -0.3 is 19.7 Å². The monoisotopic (exact) mass is 476 g/mol. The van der Waals surface area contributed by atoms with Crippen LogP contribution in [0.1, 0.15) is 46.0 Å². The first-order chi connectivity index (χ1) is 17.5. The maximum Gasteiger partial charge on any atom is 0.342 e. The second-order valence-electron chi connectivity index (χ2n) is 9.42. The number of fused-ring (bicyclic) bond motifs is 6. The lowest BCUT2D eigenvalue weighted by Gasteiger charge is -2.37. The zero-order valence-corrected chi connectivity index (χ0v) is 20.7. The molecular weight excluding hydrogens is 448 g/mol. The van der Waals surface area contributed by atoms with Crippen molar-refractivity contribution in [3.8, 4) is 11.5 Å². The molecule has 0 atom stereocenters. The van der Waals surface area contributed by atoms with Crippen LogP contribution in [0, 0.1) is 6.92 Å². The number of nitrogens with zero attached hydrogens (tertiary/aromatic N) is 1. The third-order valence-electron chi connectivity index (χ3n) is 7.07. The Kier molecular flexibility index (Phi) is 5.22.